The third kappa shape index (κ3) is 13.6. The van der Waals surface area contributed by atoms with Crippen LogP contribution in [0.3, 0.4) is 0 Å². The van der Waals surface area contributed by atoms with Gasteiger partial charge in [0, 0.05) is 58.1 Å². The van der Waals surface area contributed by atoms with Gasteiger partial charge in [-0.3, -0.25) is 9.59 Å². The summed E-state index contributed by atoms with van der Waals surface area (Å²) in [7, 11) is 0. The summed E-state index contributed by atoms with van der Waals surface area (Å²) in [5, 5.41) is 0. The third-order valence-electron chi connectivity index (χ3n) is 0.712. The first-order valence-electron chi connectivity index (χ1n) is 2.88. The Balaban J connectivity index is -0.000000320. The number of hydrogen-bond acceptors (Lipinski definition) is 3. The molecule has 0 aromatic carbocycles. The van der Waals surface area contributed by atoms with E-state index in [4.69, 9.17) is 0 Å². The Kier molecular flexibility index (Phi) is 17.0. The first-order valence-corrected chi connectivity index (χ1v) is 2.88. The van der Waals surface area contributed by atoms with Gasteiger partial charge in [-0.2, -0.15) is 0 Å². The van der Waals surface area contributed by atoms with Crippen LogP contribution in [0.15, 0.2) is 0 Å². The minimum Gasteiger partial charge on any atom is -0.393 e. The molecular formula is C6H10Ag2O3. The number of rotatable bonds is 2. The van der Waals surface area contributed by atoms with Gasteiger partial charge in [0.25, 0.3) is 0 Å². The molecular weight excluding hydrogens is 336 g/mol. The molecule has 0 aromatic rings. The molecule has 0 saturated heterocycles. The van der Waals surface area contributed by atoms with Crippen molar-refractivity contribution in [3.63, 3.8) is 0 Å². The number of carbonyl (C=O) groups excluding carboxylic acids is 2. The predicted molar refractivity (Wildman–Crippen MR) is 31.7 cm³/mol. The van der Waals surface area contributed by atoms with Crippen molar-refractivity contribution in [3.05, 3.63) is 0 Å². The molecule has 0 aliphatic rings. The van der Waals surface area contributed by atoms with Crippen LogP contribution in [0.4, 0.5) is 0 Å². The summed E-state index contributed by atoms with van der Waals surface area (Å²) in [6.07, 6.45) is 1.03. The largest absolute Gasteiger partial charge is 0.393 e. The van der Waals surface area contributed by atoms with Crippen LogP contribution >= 0.6 is 0 Å². The Morgan fingerprint density at radius 3 is 2.00 bits per heavy atom. The van der Waals surface area contributed by atoms with E-state index in [1.807, 2.05) is 6.92 Å². The summed E-state index contributed by atoms with van der Waals surface area (Å²) in [5.41, 5.74) is 0. The Hall–Kier alpha value is 0.621. The van der Waals surface area contributed by atoms with Gasteiger partial charge in [0.15, 0.2) is 0 Å². The van der Waals surface area contributed by atoms with Gasteiger partial charge in [-0.25, -0.2) is 0 Å². The van der Waals surface area contributed by atoms with Gasteiger partial charge in [-0.1, -0.05) is 6.92 Å². The molecule has 5 heteroatoms. The second-order valence-electron chi connectivity index (χ2n) is 1.72. The van der Waals surface area contributed by atoms with E-state index < -0.39 is 11.9 Å². The summed E-state index contributed by atoms with van der Waals surface area (Å²) in [6, 6.07) is 0. The zero-order valence-electron chi connectivity index (χ0n) is 6.24. The van der Waals surface area contributed by atoms with E-state index in [0.717, 1.165) is 0 Å². The van der Waals surface area contributed by atoms with Crippen LogP contribution in [0.5, 0.6) is 0 Å². The van der Waals surface area contributed by atoms with Crippen LogP contribution in [0.25, 0.3) is 0 Å². The molecule has 0 fully saturated rings. The second-order valence-corrected chi connectivity index (χ2v) is 1.72. The van der Waals surface area contributed by atoms with Gasteiger partial charge in [0.2, 0.25) is 0 Å². The van der Waals surface area contributed by atoms with Gasteiger partial charge in [0.05, 0.1) is 0 Å². The summed E-state index contributed by atoms with van der Waals surface area (Å²) >= 11 is 0. The van der Waals surface area contributed by atoms with E-state index in [1.54, 1.807) is 0 Å². The van der Waals surface area contributed by atoms with Crippen LogP contribution in [0.2, 0.25) is 0 Å². The zero-order valence-corrected chi connectivity index (χ0v) is 9.21. The molecule has 0 aliphatic heterocycles. The predicted octanol–water partition coefficient (Wildman–Crippen LogP) is 0.871. The second kappa shape index (κ2) is 10.6. The number of hydrogen-bond donors (Lipinski definition) is 0. The molecule has 0 unspecified atom stereocenters. The van der Waals surface area contributed by atoms with E-state index in [1.165, 1.54) is 6.92 Å². The normalized spacial score (nSPS) is 7.09. The molecule has 0 aromatic heterocycles. The van der Waals surface area contributed by atoms with E-state index in [0.29, 0.717) is 12.8 Å². The molecule has 2 radical (unpaired) electrons. The number of carbonyl (C=O) groups is 2. The minimum atomic E-state index is -0.534. The molecule has 0 bridgehead atoms. The van der Waals surface area contributed by atoms with Crippen LogP contribution in [-0.2, 0) is 59.1 Å². The maximum absolute atomic E-state index is 10.4. The number of esters is 2. The zero-order chi connectivity index (χ0) is 7.28. The van der Waals surface area contributed by atoms with Gasteiger partial charge < -0.3 is 4.74 Å². The van der Waals surface area contributed by atoms with Crippen molar-refractivity contribution in [2.24, 2.45) is 0 Å². The molecule has 74 valence electrons. The van der Waals surface area contributed by atoms with E-state index in [2.05, 4.69) is 4.74 Å². The van der Waals surface area contributed by atoms with Crippen molar-refractivity contribution in [2.75, 3.05) is 0 Å². The fourth-order valence-electron chi connectivity index (χ4n) is 0.415. The summed E-state index contributed by atoms with van der Waals surface area (Å²) < 4.78 is 4.21. The maximum Gasteiger partial charge on any atom is 0.313 e. The van der Waals surface area contributed by atoms with Gasteiger partial charge in [0.1, 0.15) is 0 Å². The van der Waals surface area contributed by atoms with Crippen molar-refractivity contribution in [1.82, 2.24) is 0 Å². The first kappa shape index (κ1) is 17.6. The Bertz CT molecular complexity index is 125. The molecule has 11 heavy (non-hydrogen) atoms. The standard InChI is InChI=1S/C6H10O3.2Ag/c1-3-4-6(8)9-5(2)7;;/h3-4H2,1-2H3;;. The third-order valence-corrected chi connectivity index (χ3v) is 0.712. The molecule has 3 nitrogen and oxygen atoms in total. The van der Waals surface area contributed by atoms with Gasteiger partial charge in [-0.15, -0.1) is 0 Å². The quantitative estimate of drug-likeness (QED) is 0.424. The molecule has 0 saturated carbocycles. The monoisotopic (exact) mass is 344 g/mol. The fourth-order valence-corrected chi connectivity index (χ4v) is 0.415. The molecule has 0 atom stereocenters. The average Bonchev–Trinajstić information content (AvgIpc) is 1.63. The molecule has 0 N–H and O–H groups in total. The first-order chi connectivity index (χ1) is 4.16. The van der Waals surface area contributed by atoms with Crippen molar-refractivity contribution < 1.29 is 59.1 Å². The average molecular weight is 346 g/mol. The Labute approximate surface area is 97.3 Å². The van der Waals surface area contributed by atoms with Crippen LogP contribution in [-0.4, -0.2) is 11.9 Å². The number of ether oxygens (including phenoxy) is 1. The van der Waals surface area contributed by atoms with Crippen molar-refractivity contribution in [1.29, 1.82) is 0 Å². The van der Waals surface area contributed by atoms with E-state index in [9.17, 15) is 9.59 Å². The molecule has 0 amide bonds. The summed E-state index contributed by atoms with van der Waals surface area (Å²) in [4.78, 5) is 20.5. The van der Waals surface area contributed by atoms with Crippen LogP contribution < -0.4 is 0 Å². The summed E-state index contributed by atoms with van der Waals surface area (Å²) in [6.45, 7) is 3.06. The Morgan fingerprint density at radius 2 is 1.73 bits per heavy atom. The Morgan fingerprint density at radius 1 is 1.27 bits per heavy atom. The van der Waals surface area contributed by atoms with E-state index >= 15 is 0 Å². The minimum absolute atomic E-state index is 0. The molecule has 0 aliphatic carbocycles. The van der Waals surface area contributed by atoms with Gasteiger partial charge in [-0.05, 0) is 6.42 Å². The van der Waals surface area contributed by atoms with Crippen LogP contribution in [0, 0.1) is 0 Å². The maximum atomic E-state index is 10.4. The van der Waals surface area contributed by atoms with Gasteiger partial charge >= 0.3 is 11.9 Å². The van der Waals surface area contributed by atoms with Crippen LogP contribution in [0.1, 0.15) is 26.7 Å². The fraction of sp³-hybridized carbons (Fsp3) is 0.667. The van der Waals surface area contributed by atoms with Crippen molar-refractivity contribution >= 4 is 11.9 Å². The topological polar surface area (TPSA) is 43.4 Å². The molecule has 0 heterocycles. The molecule has 0 rings (SSSR count). The van der Waals surface area contributed by atoms with Crippen molar-refractivity contribution in [3.8, 4) is 0 Å². The van der Waals surface area contributed by atoms with E-state index in [-0.39, 0.29) is 44.8 Å². The van der Waals surface area contributed by atoms with Crippen molar-refractivity contribution in [2.45, 2.75) is 26.7 Å². The smallest absolute Gasteiger partial charge is 0.313 e. The summed E-state index contributed by atoms with van der Waals surface area (Å²) in [5.74, 6) is -0.974. The molecule has 0 spiro atoms. The SMILES string of the molecule is CCCC(=O)OC(C)=O.[Ag].[Ag].